The molecular formula is C14H18N2O. The molecule has 1 amide bonds. The first-order valence-corrected chi connectivity index (χ1v) is 6.06. The molecule has 0 bridgehead atoms. The molecule has 0 unspecified atom stereocenters. The smallest absolute Gasteiger partial charge is 0.253 e. The molecule has 90 valence electrons. The second-order valence-corrected chi connectivity index (χ2v) is 4.28. The van der Waals surface area contributed by atoms with Crippen molar-refractivity contribution in [1.29, 1.82) is 0 Å². The molecule has 0 radical (unpaired) electrons. The Kier molecular flexibility index (Phi) is 3.47. The number of hydrogen-bond acceptors (Lipinski definition) is 1. The van der Waals surface area contributed by atoms with Crippen LogP contribution in [-0.2, 0) is 7.05 Å². The SMILES string of the molecule is CCCCNC(=O)c1cn(C)c2ccccc12. The lowest BCUT2D eigenvalue weighted by atomic mass is 10.1. The Hall–Kier alpha value is -1.77. The zero-order valence-corrected chi connectivity index (χ0v) is 10.4. The number of nitrogens with zero attached hydrogens (tertiary/aromatic N) is 1. The number of aromatic nitrogens is 1. The highest BCUT2D eigenvalue weighted by molar-refractivity contribution is 6.06. The van der Waals surface area contributed by atoms with E-state index in [1.807, 2.05) is 42.1 Å². The van der Waals surface area contributed by atoms with Crippen LogP contribution in [0.15, 0.2) is 30.5 Å². The molecule has 1 heterocycles. The molecule has 3 heteroatoms. The van der Waals surface area contributed by atoms with E-state index in [0.717, 1.165) is 35.9 Å². The van der Waals surface area contributed by atoms with Crippen LogP contribution in [0.4, 0.5) is 0 Å². The molecule has 3 nitrogen and oxygen atoms in total. The summed E-state index contributed by atoms with van der Waals surface area (Å²) < 4.78 is 1.99. The average Bonchev–Trinajstić information content (AvgIpc) is 2.68. The first-order chi connectivity index (χ1) is 8.24. The molecule has 0 aliphatic rings. The third kappa shape index (κ3) is 2.33. The van der Waals surface area contributed by atoms with Crippen LogP contribution in [0.5, 0.6) is 0 Å². The number of para-hydroxylation sites is 1. The number of aryl methyl sites for hydroxylation is 1. The lowest BCUT2D eigenvalue weighted by molar-refractivity contribution is 0.0954. The lowest BCUT2D eigenvalue weighted by Gasteiger charge is -2.02. The number of fused-ring (bicyclic) bond motifs is 1. The molecule has 0 atom stereocenters. The molecule has 0 aliphatic heterocycles. The molecule has 2 aromatic rings. The van der Waals surface area contributed by atoms with E-state index in [1.54, 1.807) is 0 Å². The van der Waals surface area contributed by atoms with Gasteiger partial charge in [0, 0.05) is 30.7 Å². The van der Waals surface area contributed by atoms with Gasteiger partial charge in [0.05, 0.1) is 5.56 Å². The molecule has 1 aromatic carbocycles. The fraction of sp³-hybridized carbons (Fsp3) is 0.357. The van der Waals surface area contributed by atoms with E-state index in [-0.39, 0.29) is 5.91 Å². The molecule has 0 saturated heterocycles. The predicted molar refractivity (Wildman–Crippen MR) is 70.2 cm³/mol. The van der Waals surface area contributed by atoms with Crippen molar-refractivity contribution in [1.82, 2.24) is 9.88 Å². The van der Waals surface area contributed by atoms with E-state index in [2.05, 4.69) is 12.2 Å². The van der Waals surface area contributed by atoms with Gasteiger partial charge in [-0.05, 0) is 12.5 Å². The molecule has 0 aliphatic carbocycles. The minimum Gasteiger partial charge on any atom is -0.352 e. The van der Waals surface area contributed by atoms with Crippen LogP contribution in [0.1, 0.15) is 30.1 Å². The first-order valence-electron chi connectivity index (χ1n) is 6.06. The number of nitrogens with one attached hydrogen (secondary N) is 1. The molecular weight excluding hydrogens is 212 g/mol. The van der Waals surface area contributed by atoms with Gasteiger partial charge in [-0.15, -0.1) is 0 Å². The summed E-state index contributed by atoms with van der Waals surface area (Å²) in [6.07, 6.45) is 4.01. The van der Waals surface area contributed by atoms with Gasteiger partial charge in [-0.1, -0.05) is 31.5 Å². The van der Waals surface area contributed by atoms with E-state index in [9.17, 15) is 4.79 Å². The van der Waals surface area contributed by atoms with Crippen LogP contribution in [-0.4, -0.2) is 17.0 Å². The van der Waals surface area contributed by atoms with E-state index in [4.69, 9.17) is 0 Å². The van der Waals surface area contributed by atoms with Crippen LogP contribution >= 0.6 is 0 Å². The van der Waals surface area contributed by atoms with Crippen molar-refractivity contribution in [2.75, 3.05) is 6.54 Å². The molecule has 1 N–H and O–H groups in total. The van der Waals surface area contributed by atoms with Crippen LogP contribution < -0.4 is 5.32 Å². The molecule has 0 saturated carbocycles. The van der Waals surface area contributed by atoms with Crippen LogP contribution in [0.3, 0.4) is 0 Å². The molecule has 0 spiro atoms. The third-order valence-electron chi connectivity index (χ3n) is 2.96. The largest absolute Gasteiger partial charge is 0.352 e. The maximum atomic E-state index is 12.0. The van der Waals surface area contributed by atoms with Gasteiger partial charge in [-0.2, -0.15) is 0 Å². The number of unbranched alkanes of at least 4 members (excludes halogenated alkanes) is 1. The Labute approximate surface area is 101 Å². The van der Waals surface area contributed by atoms with Crippen LogP contribution in [0, 0.1) is 0 Å². The predicted octanol–water partition coefficient (Wildman–Crippen LogP) is 2.71. The summed E-state index contributed by atoms with van der Waals surface area (Å²) in [5.74, 6) is 0.0234. The monoisotopic (exact) mass is 230 g/mol. The maximum Gasteiger partial charge on any atom is 0.253 e. The highest BCUT2D eigenvalue weighted by atomic mass is 16.1. The van der Waals surface area contributed by atoms with E-state index >= 15 is 0 Å². The number of carbonyl (C=O) groups excluding carboxylic acids is 1. The standard InChI is InChI=1S/C14H18N2O/c1-3-4-9-15-14(17)12-10-16(2)13-8-6-5-7-11(12)13/h5-8,10H,3-4,9H2,1-2H3,(H,15,17). The minimum absolute atomic E-state index is 0.0234. The second kappa shape index (κ2) is 5.04. The second-order valence-electron chi connectivity index (χ2n) is 4.28. The van der Waals surface area contributed by atoms with E-state index in [1.165, 1.54) is 0 Å². The fourth-order valence-corrected chi connectivity index (χ4v) is 2.00. The van der Waals surface area contributed by atoms with Crippen molar-refractivity contribution in [2.45, 2.75) is 19.8 Å². The number of carbonyl (C=O) groups is 1. The Bertz CT molecular complexity index is 528. The summed E-state index contributed by atoms with van der Waals surface area (Å²) in [6.45, 7) is 2.86. The fourth-order valence-electron chi connectivity index (χ4n) is 2.00. The van der Waals surface area contributed by atoms with E-state index < -0.39 is 0 Å². The van der Waals surface area contributed by atoms with Gasteiger partial charge in [0.15, 0.2) is 0 Å². The average molecular weight is 230 g/mol. The van der Waals surface area contributed by atoms with Crippen molar-refractivity contribution in [2.24, 2.45) is 7.05 Å². The Morgan fingerprint density at radius 3 is 2.88 bits per heavy atom. The van der Waals surface area contributed by atoms with Crippen molar-refractivity contribution in [3.05, 3.63) is 36.0 Å². The summed E-state index contributed by atoms with van der Waals surface area (Å²) in [5, 5.41) is 3.97. The number of benzene rings is 1. The number of hydrogen-bond donors (Lipinski definition) is 1. The van der Waals surface area contributed by atoms with Gasteiger partial charge in [0.25, 0.3) is 5.91 Å². The summed E-state index contributed by atoms with van der Waals surface area (Å²) in [4.78, 5) is 12.0. The van der Waals surface area contributed by atoms with Gasteiger partial charge >= 0.3 is 0 Å². The van der Waals surface area contributed by atoms with Gasteiger partial charge in [-0.25, -0.2) is 0 Å². The van der Waals surface area contributed by atoms with Gasteiger partial charge in [0.1, 0.15) is 0 Å². The Morgan fingerprint density at radius 2 is 2.12 bits per heavy atom. The summed E-state index contributed by atoms with van der Waals surface area (Å²) in [7, 11) is 1.96. The quantitative estimate of drug-likeness (QED) is 0.805. The molecule has 2 rings (SSSR count). The van der Waals surface area contributed by atoms with E-state index in [0.29, 0.717) is 0 Å². The van der Waals surface area contributed by atoms with Crippen LogP contribution in [0.25, 0.3) is 10.9 Å². The Morgan fingerprint density at radius 1 is 1.35 bits per heavy atom. The van der Waals surface area contributed by atoms with Gasteiger partial charge in [-0.3, -0.25) is 4.79 Å². The first kappa shape index (κ1) is 11.7. The van der Waals surface area contributed by atoms with Crippen molar-refractivity contribution < 1.29 is 4.79 Å². The summed E-state index contributed by atoms with van der Waals surface area (Å²) in [5.41, 5.74) is 1.85. The number of rotatable bonds is 4. The van der Waals surface area contributed by atoms with Crippen molar-refractivity contribution >= 4 is 16.8 Å². The highest BCUT2D eigenvalue weighted by Crippen LogP contribution is 2.19. The molecule has 17 heavy (non-hydrogen) atoms. The van der Waals surface area contributed by atoms with Crippen LogP contribution in [0.2, 0.25) is 0 Å². The highest BCUT2D eigenvalue weighted by Gasteiger charge is 2.12. The topological polar surface area (TPSA) is 34.0 Å². The molecule has 0 fully saturated rings. The summed E-state index contributed by atoms with van der Waals surface area (Å²) >= 11 is 0. The zero-order chi connectivity index (χ0) is 12.3. The summed E-state index contributed by atoms with van der Waals surface area (Å²) in [6, 6.07) is 7.97. The number of amides is 1. The minimum atomic E-state index is 0.0234. The van der Waals surface area contributed by atoms with Gasteiger partial charge < -0.3 is 9.88 Å². The third-order valence-corrected chi connectivity index (χ3v) is 2.96. The Balaban J connectivity index is 2.26. The zero-order valence-electron chi connectivity index (χ0n) is 10.4. The van der Waals surface area contributed by atoms with Crippen molar-refractivity contribution in [3.63, 3.8) is 0 Å². The normalized spacial score (nSPS) is 10.7. The van der Waals surface area contributed by atoms with Crippen molar-refractivity contribution in [3.8, 4) is 0 Å². The van der Waals surface area contributed by atoms with Gasteiger partial charge in [0.2, 0.25) is 0 Å². The lowest BCUT2D eigenvalue weighted by Crippen LogP contribution is -2.24. The molecule has 1 aromatic heterocycles. The maximum absolute atomic E-state index is 12.0.